The summed E-state index contributed by atoms with van der Waals surface area (Å²) in [5.41, 5.74) is 0. The Hall–Kier alpha value is 3.08. The molecule has 0 aromatic rings. The second-order valence-corrected chi connectivity index (χ2v) is 0. The van der Waals surface area contributed by atoms with Gasteiger partial charge in [-0.1, -0.05) is 0 Å². The third kappa shape index (κ3) is 8.91. The minimum absolute atomic E-state index is 0. The third-order valence-electron chi connectivity index (χ3n) is 0. The molecule has 4 heavy (non-hydrogen) atoms. The summed E-state index contributed by atoms with van der Waals surface area (Å²) in [6, 6.07) is 0. The molecule has 0 aromatic carbocycles. The maximum absolute atomic E-state index is 0. The maximum Gasteiger partial charge on any atom is 1.00 e. The van der Waals surface area contributed by atoms with E-state index in [1.54, 1.807) is 0 Å². The summed E-state index contributed by atoms with van der Waals surface area (Å²) in [5.74, 6) is 0. The predicted octanol–water partition coefficient (Wildman–Crippen LogP) is -2.58. The molecule has 0 bridgehead atoms. The van der Waals surface area contributed by atoms with E-state index >= 15 is 0 Å². The molecule has 4 heteroatoms. The van der Waals surface area contributed by atoms with Gasteiger partial charge < -0.3 is 1.43 Å². The summed E-state index contributed by atoms with van der Waals surface area (Å²) in [6.07, 6.45) is 0. The molecule has 0 atom stereocenters. The SMILES string of the molecule is F.F.[Eu].[H-].[K+]. The van der Waals surface area contributed by atoms with E-state index in [0.717, 1.165) is 0 Å². The van der Waals surface area contributed by atoms with Crippen molar-refractivity contribution in [2.24, 2.45) is 0 Å². The number of hydrogen-bond donors (Lipinski definition) is 0. The quantitative estimate of drug-likeness (QED) is 0.402. The molecule has 0 saturated heterocycles. The van der Waals surface area contributed by atoms with Crippen LogP contribution in [0.2, 0.25) is 0 Å². The molecule has 1 radical (unpaired) electrons. The molecule has 0 aliphatic carbocycles. The zero-order valence-electron chi connectivity index (χ0n) is 3.19. The maximum atomic E-state index is 0. The van der Waals surface area contributed by atoms with Gasteiger partial charge in [0.05, 0.1) is 0 Å². The first-order valence-corrected chi connectivity index (χ1v) is 0. The Kier molecular flexibility index (Phi) is 114. The number of hydrogen-bond acceptors (Lipinski definition) is 0. The summed E-state index contributed by atoms with van der Waals surface area (Å²) < 4.78 is 0. The first-order valence-electron chi connectivity index (χ1n) is 0. The van der Waals surface area contributed by atoms with Crippen LogP contribution in [-0.4, -0.2) is 0 Å². The molecule has 0 nitrogen and oxygen atoms in total. The fraction of sp³-hybridized carbons (Fsp3) is 0. The third-order valence-corrected chi connectivity index (χ3v) is 0. The van der Waals surface area contributed by atoms with Gasteiger partial charge in [-0.25, -0.2) is 0 Å². The Morgan fingerprint density at radius 2 is 1.00 bits per heavy atom. The van der Waals surface area contributed by atoms with Crippen LogP contribution in [0.5, 0.6) is 0 Å². The van der Waals surface area contributed by atoms with Crippen molar-refractivity contribution in [1.29, 1.82) is 0 Å². The van der Waals surface area contributed by atoms with Crippen LogP contribution in [0, 0.1) is 49.4 Å². The van der Waals surface area contributed by atoms with Crippen molar-refractivity contribution in [3.05, 3.63) is 0 Å². The van der Waals surface area contributed by atoms with Gasteiger partial charge in [0.1, 0.15) is 0 Å². The molecule has 0 N–H and O–H groups in total. The van der Waals surface area contributed by atoms with Crippen LogP contribution in [0.25, 0.3) is 0 Å². The second kappa shape index (κ2) is 16.5. The van der Waals surface area contributed by atoms with E-state index in [2.05, 4.69) is 0 Å². The molecule has 0 aliphatic heterocycles. The minimum atomic E-state index is 0. The van der Waals surface area contributed by atoms with Gasteiger partial charge in [-0.05, 0) is 0 Å². The molecular formula is H3EuF2K. The topological polar surface area (TPSA) is 0 Å². The average Bonchev–Trinajstić information content (AvgIpc) is 0. The average molecular weight is 232 g/mol. The molecule has 25 valence electrons. The van der Waals surface area contributed by atoms with Crippen molar-refractivity contribution in [2.45, 2.75) is 0 Å². The van der Waals surface area contributed by atoms with Gasteiger partial charge >= 0.3 is 51.4 Å². The largest absolute Gasteiger partial charge is 1.00 e. The van der Waals surface area contributed by atoms with Crippen LogP contribution in [0.3, 0.4) is 0 Å². The summed E-state index contributed by atoms with van der Waals surface area (Å²) in [5, 5.41) is 0. The van der Waals surface area contributed by atoms with E-state index in [0.29, 0.717) is 0 Å². The summed E-state index contributed by atoms with van der Waals surface area (Å²) in [6.45, 7) is 0. The van der Waals surface area contributed by atoms with Crippen molar-refractivity contribution in [1.82, 2.24) is 0 Å². The zero-order chi connectivity index (χ0) is 0. The van der Waals surface area contributed by atoms with Crippen molar-refractivity contribution < 1.29 is 112 Å². The zero-order valence-corrected chi connectivity index (χ0v) is 7.74. The first-order chi connectivity index (χ1) is 0. The molecule has 0 fully saturated rings. The van der Waals surface area contributed by atoms with Crippen LogP contribution < -0.4 is 51.4 Å². The van der Waals surface area contributed by atoms with Gasteiger partial charge in [-0.3, -0.25) is 9.41 Å². The van der Waals surface area contributed by atoms with E-state index in [-0.39, 0.29) is 112 Å². The smallest absolute Gasteiger partial charge is 1.00 e. The van der Waals surface area contributed by atoms with E-state index in [4.69, 9.17) is 0 Å². The Labute approximate surface area is 108 Å². The Morgan fingerprint density at radius 3 is 1.00 bits per heavy atom. The van der Waals surface area contributed by atoms with E-state index in [9.17, 15) is 0 Å². The van der Waals surface area contributed by atoms with Crippen LogP contribution in [-0.2, 0) is 0 Å². The number of rotatable bonds is 0. The monoisotopic (exact) mass is 233 g/mol. The summed E-state index contributed by atoms with van der Waals surface area (Å²) in [4.78, 5) is 0. The van der Waals surface area contributed by atoms with Gasteiger partial charge in [0.15, 0.2) is 0 Å². The standard InChI is InChI=1S/Eu.2FH.K.H/h;2*1H;;/q;;;+1;-1. The number of halogens is 2. The Balaban J connectivity index is 0. The first kappa shape index (κ1) is 27.6. The fourth-order valence-corrected chi connectivity index (χ4v) is 0. The van der Waals surface area contributed by atoms with E-state index in [1.165, 1.54) is 0 Å². The van der Waals surface area contributed by atoms with Crippen LogP contribution >= 0.6 is 0 Å². The molecular weight excluding hydrogens is 229 g/mol. The van der Waals surface area contributed by atoms with Crippen molar-refractivity contribution in [3.63, 3.8) is 0 Å². The minimum Gasteiger partial charge on any atom is -1.00 e. The molecule has 0 saturated carbocycles. The summed E-state index contributed by atoms with van der Waals surface area (Å²) >= 11 is 0. The molecule has 0 aliphatic rings. The van der Waals surface area contributed by atoms with Crippen LogP contribution in [0.15, 0.2) is 0 Å². The van der Waals surface area contributed by atoms with Gasteiger partial charge in [0.25, 0.3) is 0 Å². The van der Waals surface area contributed by atoms with Crippen molar-refractivity contribution >= 4 is 0 Å². The van der Waals surface area contributed by atoms with Gasteiger partial charge in [-0.2, -0.15) is 0 Å². The van der Waals surface area contributed by atoms with Gasteiger partial charge in [-0.15, -0.1) is 0 Å². The van der Waals surface area contributed by atoms with Gasteiger partial charge in [0, 0.05) is 49.4 Å². The fourth-order valence-electron chi connectivity index (χ4n) is 0. The Bertz CT molecular complexity index is 9.61. The van der Waals surface area contributed by atoms with Crippen LogP contribution in [0.4, 0.5) is 9.41 Å². The van der Waals surface area contributed by atoms with Gasteiger partial charge in [0.2, 0.25) is 0 Å². The van der Waals surface area contributed by atoms with Crippen LogP contribution in [0.1, 0.15) is 1.43 Å². The van der Waals surface area contributed by atoms with Crippen molar-refractivity contribution in [3.8, 4) is 0 Å². The summed E-state index contributed by atoms with van der Waals surface area (Å²) in [7, 11) is 0. The Morgan fingerprint density at radius 1 is 1.00 bits per heavy atom. The van der Waals surface area contributed by atoms with Crippen molar-refractivity contribution in [2.75, 3.05) is 0 Å². The molecule has 0 rings (SSSR count). The molecule has 0 unspecified atom stereocenters. The molecule has 0 heterocycles. The normalized spacial score (nSPS) is 0. The molecule has 0 aromatic heterocycles. The van der Waals surface area contributed by atoms with E-state index < -0.39 is 0 Å². The second-order valence-electron chi connectivity index (χ2n) is 0. The predicted molar refractivity (Wildman–Crippen MR) is 6.12 cm³/mol. The van der Waals surface area contributed by atoms with E-state index in [1.807, 2.05) is 0 Å². The molecule has 0 amide bonds. The molecule has 0 spiro atoms.